The smallest absolute Gasteiger partial charge is 0.225 e. The van der Waals surface area contributed by atoms with Gasteiger partial charge >= 0.3 is 0 Å². The van der Waals surface area contributed by atoms with Crippen LogP contribution >= 0.6 is 11.3 Å². The van der Waals surface area contributed by atoms with E-state index in [9.17, 15) is 9.59 Å². The summed E-state index contributed by atoms with van der Waals surface area (Å²) in [6.07, 6.45) is 0.702. The molecule has 0 fully saturated rings. The monoisotopic (exact) mass is 346 g/mol. The van der Waals surface area contributed by atoms with Gasteiger partial charge in [0.2, 0.25) is 11.8 Å². The molecule has 0 unspecified atom stereocenters. The third-order valence-corrected chi connectivity index (χ3v) is 4.16. The lowest BCUT2D eigenvalue weighted by atomic mass is 10.1. The molecule has 2 N–H and O–H groups in total. The standard InChI is InChI=1S/C18H22N2O3S/c1-2-23-15-7-5-14(6-8-15)12-17(21)19-9-10-20-18(22)13-16-4-3-11-24-16/h3-8,11H,2,9-10,12-13H2,1H3,(H,19,21)(H,20,22). The lowest BCUT2D eigenvalue weighted by Gasteiger charge is -2.08. The number of carbonyl (C=O) groups excluding carboxylic acids is 2. The highest BCUT2D eigenvalue weighted by molar-refractivity contribution is 7.10. The van der Waals surface area contributed by atoms with Crippen LogP contribution in [0.2, 0.25) is 0 Å². The van der Waals surface area contributed by atoms with E-state index in [-0.39, 0.29) is 11.8 Å². The number of nitrogens with one attached hydrogen (secondary N) is 2. The molecular weight excluding hydrogens is 324 g/mol. The van der Waals surface area contributed by atoms with Gasteiger partial charge in [0.25, 0.3) is 0 Å². The first-order valence-electron chi connectivity index (χ1n) is 7.95. The molecule has 0 saturated heterocycles. The van der Waals surface area contributed by atoms with E-state index in [0.717, 1.165) is 16.2 Å². The Hall–Kier alpha value is -2.34. The van der Waals surface area contributed by atoms with Crippen molar-refractivity contribution in [2.75, 3.05) is 19.7 Å². The van der Waals surface area contributed by atoms with Gasteiger partial charge in [-0.1, -0.05) is 18.2 Å². The van der Waals surface area contributed by atoms with E-state index < -0.39 is 0 Å². The molecule has 6 heteroatoms. The number of hydrogen-bond donors (Lipinski definition) is 2. The summed E-state index contributed by atoms with van der Waals surface area (Å²) in [5.74, 6) is 0.708. The van der Waals surface area contributed by atoms with Crippen molar-refractivity contribution in [1.29, 1.82) is 0 Å². The second kappa shape index (κ2) is 9.72. The summed E-state index contributed by atoms with van der Waals surface area (Å²) in [7, 11) is 0. The van der Waals surface area contributed by atoms with E-state index in [0.29, 0.717) is 32.5 Å². The van der Waals surface area contributed by atoms with Gasteiger partial charge in [-0.25, -0.2) is 0 Å². The zero-order chi connectivity index (χ0) is 17.2. The van der Waals surface area contributed by atoms with Crippen molar-refractivity contribution in [3.05, 3.63) is 52.2 Å². The van der Waals surface area contributed by atoms with Crippen LogP contribution in [0.1, 0.15) is 17.4 Å². The van der Waals surface area contributed by atoms with Crippen molar-refractivity contribution in [1.82, 2.24) is 10.6 Å². The Labute approximate surface area is 146 Å². The van der Waals surface area contributed by atoms with Gasteiger partial charge in [0.05, 0.1) is 19.4 Å². The van der Waals surface area contributed by atoms with Crippen LogP contribution in [0.25, 0.3) is 0 Å². The summed E-state index contributed by atoms with van der Waals surface area (Å²) in [4.78, 5) is 24.6. The first kappa shape index (κ1) is 18.0. The van der Waals surface area contributed by atoms with Crippen LogP contribution in [0.5, 0.6) is 5.75 Å². The maximum atomic E-state index is 11.9. The lowest BCUT2D eigenvalue weighted by Crippen LogP contribution is -2.35. The van der Waals surface area contributed by atoms with Crippen molar-refractivity contribution in [3.63, 3.8) is 0 Å². The minimum Gasteiger partial charge on any atom is -0.494 e. The van der Waals surface area contributed by atoms with E-state index in [1.54, 1.807) is 11.3 Å². The molecule has 0 atom stereocenters. The Bertz CT molecular complexity index is 639. The van der Waals surface area contributed by atoms with Crippen LogP contribution in [0.4, 0.5) is 0 Å². The zero-order valence-corrected chi connectivity index (χ0v) is 14.5. The molecule has 2 amide bonds. The Morgan fingerprint density at radius 2 is 1.67 bits per heavy atom. The summed E-state index contributed by atoms with van der Waals surface area (Å²) in [5, 5.41) is 7.55. The van der Waals surface area contributed by atoms with Crippen molar-refractivity contribution < 1.29 is 14.3 Å². The van der Waals surface area contributed by atoms with Crippen LogP contribution in [0, 0.1) is 0 Å². The minimum absolute atomic E-state index is 0.0294. The van der Waals surface area contributed by atoms with Crippen molar-refractivity contribution in [3.8, 4) is 5.75 Å². The number of hydrogen-bond acceptors (Lipinski definition) is 4. The zero-order valence-electron chi connectivity index (χ0n) is 13.7. The van der Waals surface area contributed by atoms with Gasteiger partial charge in [0.15, 0.2) is 0 Å². The van der Waals surface area contributed by atoms with Crippen molar-refractivity contribution >= 4 is 23.2 Å². The molecule has 1 heterocycles. The van der Waals surface area contributed by atoms with Gasteiger partial charge < -0.3 is 15.4 Å². The van der Waals surface area contributed by atoms with E-state index in [4.69, 9.17) is 4.74 Å². The first-order valence-corrected chi connectivity index (χ1v) is 8.83. The van der Waals surface area contributed by atoms with E-state index in [2.05, 4.69) is 10.6 Å². The van der Waals surface area contributed by atoms with Crippen molar-refractivity contribution in [2.45, 2.75) is 19.8 Å². The summed E-state index contributed by atoms with van der Waals surface area (Å²) in [6, 6.07) is 11.3. The molecule has 5 nitrogen and oxygen atoms in total. The minimum atomic E-state index is -0.0633. The van der Waals surface area contributed by atoms with Crippen LogP contribution in [0.3, 0.4) is 0 Å². The normalized spacial score (nSPS) is 10.2. The van der Waals surface area contributed by atoms with Crippen molar-refractivity contribution in [2.24, 2.45) is 0 Å². The predicted molar refractivity (Wildman–Crippen MR) is 95.4 cm³/mol. The Balaban J connectivity index is 1.61. The molecule has 0 aliphatic carbocycles. The maximum absolute atomic E-state index is 11.9. The fraction of sp³-hybridized carbons (Fsp3) is 0.333. The molecule has 24 heavy (non-hydrogen) atoms. The molecule has 0 radical (unpaired) electrons. The Kier molecular flexibility index (Phi) is 7.29. The number of amides is 2. The SMILES string of the molecule is CCOc1ccc(CC(=O)NCCNC(=O)Cc2cccs2)cc1. The summed E-state index contributed by atoms with van der Waals surface area (Å²) >= 11 is 1.56. The largest absolute Gasteiger partial charge is 0.494 e. The molecule has 0 saturated carbocycles. The average Bonchev–Trinajstić information content (AvgIpc) is 3.07. The lowest BCUT2D eigenvalue weighted by molar-refractivity contribution is -0.122. The fourth-order valence-corrected chi connectivity index (χ4v) is 2.86. The highest BCUT2D eigenvalue weighted by atomic mass is 32.1. The average molecular weight is 346 g/mol. The van der Waals surface area contributed by atoms with Crippen LogP contribution in [-0.2, 0) is 22.4 Å². The van der Waals surface area contributed by atoms with Gasteiger partial charge in [0, 0.05) is 18.0 Å². The van der Waals surface area contributed by atoms with Gasteiger partial charge in [-0.3, -0.25) is 9.59 Å². The highest BCUT2D eigenvalue weighted by Crippen LogP contribution is 2.12. The highest BCUT2D eigenvalue weighted by Gasteiger charge is 2.05. The van der Waals surface area contributed by atoms with Crippen LogP contribution < -0.4 is 15.4 Å². The molecule has 128 valence electrons. The van der Waals surface area contributed by atoms with E-state index in [1.807, 2.05) is 48.7 Å². The molecule has 0 bridgehead atoms. The summed E-state index contributed by atoms with van der Waals surface area (Å²) in [5.41, 5.74) is 0.928. The van der Waals surface area contributed by atoms with Crippen LogP contribution in [0.15, 0.2) is 41.8 Å². The number of rotatable bonds is 9. The number of ether oxygens (including phenoxy) is 1. The van der Waals surface area contributed by atoms with E-state index >= 15 is 0 Å². The molecule has 1 aromatic carbocycles. The van der Waals surface area contributed by atoms with Gasteiger partial charge in [0.1, 0.15) is 5.75 Å². The second-order valence-corrected chi connectivity index (χ2v) is 6.24. The number of carbonyl (C=O) groups is 2. The third kappa shape index (κ3) is 6.42. The molecule has 2 aromatic rings. The van der Waals surface area contributed by atoms with Gasteiger partial charge in [-0.2, -0.15) is 0 Å². The molecule has 0 aliphatic heterocycles. The van der Waals surface area contributed by atoms with Gasteiger partial charge in [-0.05, 0) is 36.1 Å². The second-order valence-electron chi connectivity index (χ2n) is 5.21. The Morgan fingerprint density at radius 3 is 2.25 bits per heavy atom. The summed E-state index contributed by atoms with van der Waals surface area (Å²) in [6.45, 7) is 3.41. The quantitative estimate of drug-likeness (QED) is 0.684. The third-order valence-electron chi connectivity index (χ3n) is 3.28. The molecule has 2 rings (SSSR count). The molecule has 0 spiro atoms. The van der Waals surface area contributed by atoms with E-state index in [1.165, 1.54) is 0 Å². The summed E-state index contributed by atoms with van der Waals surface area (Å²) < 4.78 is 5.37. The Morgan fingerprint density at radius 1 is 1.00 bits per heavy atom. The maximum Gasteiger partial charge on any atom is 0.225 e. The number of thiophene rings is 1. The first-order chi connectivity index (χ1) is 11.7. The van der Waals surface area contributed by atoms with Crippen LogP contribution in [-0.4, -0.2) is 31.5 Å². The van der Waals surface area contributed by atoms with Gasteiger partial charge in [-0.15, -0.1) is 11.3 Å². The number of benzene rings is 1. The predicted octanol–water partition coefficient (Wildman–Crippen LogP) is 2.16. The topological polar surface area (TPSA) is 67.4 Å². The fourth-order valence-electron chi connectivity index (χ4n) is 2.16. The molecular formula is C18H22N2O3S. The molecule has 1 aromatic heterocycles. The molecule has 0 aliphatic rings.